The molecule has 40 heavy (non-hydrogen) atoms. The molecular formula is C30H35F5N2O3. The first-order valence-electron chi connectivity index (χ1n) is 14.0. The van der Waals surface area contributed by atoms with E-state index in [9.17, 15) is 31.9 Å². The third kappa shape index (κ3) is 5.70. The van der Waals surface area contributed by atoms with E-state index in [1.165, 1.54) is 17.0 Å². The Bertz CT molecular complexity index is 1190. The van der Waals surface area contributed by atoms with Gasteiger partial charge < -0.3 is 19.6 Å². The summed E-state index contributed by atoms with van der Waals surface area (Å²) >= 11 is 0. The lowest BCUT2D eigenvalue weighted by molar-refractivity contribution is -0.256. The Morgan fingerprint density at radius 1 is 0.950 bits per heavy atom. The van der Waals surface area contributed by atoms with E-state index in [4.69, 9.17) is 4.74 Å². The van der Waals surface area contributed by atoms with Crippen LogP contribution in [0.5, 0.6) is 5.75 Å². The largest absolute Gasteiger partial charge is 0.493 e. The summed E-state index contributed by atoms with van der Waals surface area (Å²) in [6, 6.07) is 8.85. The number of ether oxygens (including phenoxy) is 1. The molecule has 10 heteroatoms. The summed E-state index contributed by atoms with van der Waals surface area (Å²) in [5.41, 5.74) is -1.43. The summed E-state index contributed by atoms with van der Waals surface area (Å²) < 4.78 is 76.3. The number of halogens is 5. The summed E-state index contributed by atoms with van der Waals surface area (Å²) in [6.45, 7) is 1.93. The summed E-state index contributed by atoms with van der Waals surface area (Å²) in [5.74, 6) is -2.15. The van der Waals surface area contributed by atoms with Crippen molar-refractivity contribution in [3.05, 3.63) is 53.6 Å². The maximum absolute atomic E-state index is 15.0. The minimum atomic E-state index is -4.15. The molecule has 0 spiro atoms. The fraction of sp³-hybridized carbons (Fsp3) is 0.567. The average molecular weight is 567 g/mol. The van der Waals surface area contributed by atoms with Crippen molar-refractivity contribution in [2.24, 2.45) is 11.3 Å². The van der Waals surface area contributed by atoms with Gasteiger partial charge in [-0.2, -0.15) is 13.2 Å². The van der Waals surface area contributed by atoms with E-state index in [2.05, 4.69) is 0 Å². The van der Waals surface area contributed by atoms with Crippen molar-refractivity contribution in [2.45, 2.75) is 57.2 Å². The van der Waals surface area contributed by atoms with Gasteiger partial charge in [0, 0.05) is 18.7 Å². The van der Waals surface area contributed by atoms with Crippen molar-refractivity contribution in [3.63, 3.8) is 0 Å². The number of aliphatic hydroxyl groups excluding tert-OH is 1. The van der Waals surface area contributed by atoms with E-state index in [-0.39, 0.29) is 49.1 Å². The number of alkyl halides is 3. The molecule has 0 bridgehead atoms. The third-order valence-electron chi connectivity index (χ3n) is 8.96. The molecule has 1 unspecified atom stereocenters. The highest BCUT2D eigenvalue weighted by molar-refractivity contribution is 5.95. The molecule has 1 saturated carbocycles. The minimum absolute atomic E-state index is 0.0243. The smallest absolute Gasteiger partial charge is 0.395 e. The molecule has 2 aromatic rings. The van der Waals surface area contributed by atoms with Crippen molar-refractivity contribution in [1.29, 1.82) is 0 Å². The van der Waals surface area contributed by atoms with E-state index in [1.807, 2.05) is 4.90 Å². The highest BCUT2D eigenvalue weighted by Crippen LogP contribution is 2.53. The highest BCUT2D eigenvalue weighted by atomic mass is 19.4. The standard InChI is InChI=1S/C30H35F5N2O3/c31-26-24(8-9-25(27(26)32)28(39)37-14-1-3-22(37)17-38)21-4-6-23(7-5-21)40-18-20-10-15-36(16-11-20)19-29(12-2-13-29)30(33,34)35/h4-9,20,22,38H,1-3,10-19H2. The van der Waals surface area contributed by atoms with Gasteiger partial charge in [-0.05, 0) is 81.3 Å². The molecule has 218 valence electrons. The van der Waals surface area contributed by atoms with E-state index >= 15 is 0 Å². The van der Waals surface area contributed by atoms with Gasteiger partial charge >= 0.3 is 6.18 Å². The van der Waals surface area contributed by atoms with Gasteiger partial charge in [-0.25, -0.2) is 8.78 Å². The number of nitrogens with zero attached hydrogens (tertiary/aromatic N) is 2. The monoisotopic (exact) mass is 566 g/mol. The Morgan fingerprint density at radius 2 is 1.65 bits per heavy atom. The van der Waals surface area contributed by atoms with Gasteiger partial charge in [0.25, 0.3) is 5.91 Å². The number of amides is 1. The fourth-order valence-electron chi connectivity index (χ4n) is 6.20. The molecule has 2 heterocycles. The van der Waals surface area contributed by atoms with Crippen LogP contribution in [-0.4, -0.2) is 72.4 Å². The van der Waals surface area contributed by atoms with Crippen molar-refractivity contribution in [1.82, 2.24) is 9.80 Å². The Balaban J connectivity index is 1.14. The third-order valence-corrected chi connectivity index (χ3v) is 8.96. The maximum atomic E-state index is 15.0. The molecule has 1 N–H and O–H groups in total. The van der Waals surface area contributed by atoms with Gasteiger partial charge in [-0.1, -0.05) is 24.6 Å². The zero-order valence-corrected chi connectivity index (χ0v) is 22.4. The second-order valence-corrected chi connectivity index (χ2v) is 11.5. The first-order valence-corrected chi connectivity index (χ1v) is 14.0. The number of hydrogen-bond acceptors (Lipinski definition) is 4. The first-order chi connectivity index (χ1) is 19.1. The maximum Gasteiger partial charge on any atom is 0.395 e. The van der Waals surface area contributed by atoms with Gasteiger partial charge in [0.1, 0.15) is 5.75 Å². The lowest BCUT2D eigenvalue weighted by Gasteiger charge is -2.47. The quantitative estimate of drug-likeness (QED) is 0.396. The normalized spacial score (nSPS) is 21.9. The molecule has 1 atom stereocenters. The van der Waals surface area contributed by atoms with Crippen LogP contribution in [0.4, 0.5) is 22.0 Å². The van der Waals surface area contributed by atoms with Crippen LogP contribution in [0.3, 0.4) is 0 Å². The van der Waals surface area contributed by atoms with Gasteiger partial charge in [-0.3, -0.25) is 4.79 Å². The molecule has 1 aliphatic carbocycles. The molecule has 3 aliphatic rings. The molecule has 2 aromatic carbocycles. The topological polar surface area (TPSA) is 53.0 Å². The van der Waals surface area contributed by atoms with Crippen LogP contribution in [0.15, 0.2) is 36.4 Å². The van der Waals surface area contributed by atoms with Crippen LogP contribution < -0.4 is 4.74 Å². The summed E-state index contributed by atoms with van der Waals surface area (Å²) in [6.07, 6.45) is -0.217. The summed E-state index contributed by atoms with van der Waals surface area (Å²) in [4.78, 5) is 16.1. The van der Waals surface area contributed by atoms with Gasteiger partial charge in [0.05, 0.1) is 30.2 Å². The molecule has 5 nitrogen and oxygen atoms in total. The molecule has 2 aliphatic heterocycles. The van der Waals surface area contributed by atoms with Crippen LogP contribution >= 0.6 is 0 Å². The van der Waals surface area contributed by atoms with Gasteiger partial charge in [0.2, 0.25) is 0 Å². The van der Waals surface area contributed by atoms with E-state index in [1.54, 1.807) is 24.3 Å². The second kappa shape index (κ2) is 11.6. The number of likely N-dealkylation sites (tertiary alicyclic amines) is 2. The number of rotatable bonds is 8. The van der Waals surface area contributed by atoms with Crippen LogP contribution in [-0.2, 0) is 0 Å². The fourth-order valence-corrected chi connectivity index (χ4v) is 6.20. The Morgan fingerprint density at radius 3 is 2.25 bits per heavy atom. The van der Waals surface area contributed by atoms with Gasteiger partial charge in [-0.15, -0.1) is 0 Å². The lowest BCUT2D eigenvalue weighted by Crippen LogP contribution is -2.53. The molecule has 1 amide bonds. The number of carbonyl (C=O) groups is 1. The zero-order chi connectivity index (χ0) is 28.5. The predicted molar refractivity (Wildman–Crippen MR) is 140 cm³/mol. The second-order valence-electron chi connectivity index (χ2n) is 11.5. The van der Waals surface area contributed by atoms with E-state index in [0.717, 1.165) is 12.8 Å². The molecule has 0 aromatic heterocycles. The van der Waals surface area contributed by atoms with Crippen LogP contribution in [0.2, 0.25) is 0 Å². The number of benzene rings is 2. The van der Waals surface area contributed by atoms with Crippen molar-refractivity contribution in [2.75, 3.05) is 39.4 Å². The number of hydrogen-bond donors (Lipinski definition) is 1. The molecule has 2 saturated heterocycles. The Hall–Kier alpha value is -2.72. The molecular weight excluding hydrogens is 531 g/mol. The number of piperidine rings is 1. The zero-order valence-electron chi connectivity index (χ0n) is 22.4. The predicted octanol–water partition coefficient (Wildman–Crippen LogP) is 6.05. The minimum Gasteiger partial charge on any atom is -0.493 e. The summed E-state index contributed by atoms with van der Waals surface area (Å²) in [7, 11) is 0. The summed E-state index contributed by atoms with van der Waals surface area (Å²) in [5, 5.41) is 9.46. The average Bonchev–Trinajstić information content (AvgIpc) is 3.40. The van der Waals surface area contributed by atoms with Crippen molar-refractivity contribution >= 4 is 5.91 Å². The van der Waals surface area contributed by atoms with Gasteiger partial charge in [0.15, 0.2) is 11.6 Å². The van der Waals surface area contributed by atoms with E-state index < -0.39 is 29.1 Å². The van der Waals surface area contributed by atoms with E-state index in [0.29, 0.717) is 56.8 Å². The lowest BCUT2D eigenvalue weighted by atomic mass is 9.67. The Kier molecular flexibility index (Phi) is 8.38. The first kappa shape index (κ1) is 28.8. The molecule has 3 fully saturated rings. The van der Waals surface area contributed by atoms with Crippen molar-refractivity contribution < 1.29 is 36.6 Å². The van der Waals surface area contributed by atoms with Crippen LogP contribution in [0, 0.1) is 23.0 Å². The highest BCUT2D eigenvalue weighted by Gasteiger charge is 2.58. The van der Waals surface area contributed by atoms with Crippen LogP contribution in [0.1, 0.15) is 55.3 Å². The Labute approximate surface area is 230 Å². The van der Waals surface area contributed by atoms with Crippen molar-refractivity contribution in [3.8, 4) is 16.9 Å². The SMILES string of the molecule is O=C(c1ccc(-c2ccc(OCC3CCN(CC4(C(F)(F)F)CCC4)CC3)cc2)c(F)c1F)N1CCCC1CO. The molecule has 5 rings (SSSR count). The number of carbonyl (C=O) groups excluding carboxylic acids is 1. The number of aliphatic hydroxyl groups is 1. The van der Waals surface area contributed by atoms with Crippen LogP contribution in [0.25, 0.3) is 11.1 Å². The molecule has 0 radical (unpaired) electrons.